The molecular formula is C23H24N4O4S4. The van der Waals surface area contributed by atoms with E-state index in [2.05, 4.69) is 20.6 Å². The Bertz CT molecular complexity index is 1130. The Labute approximate surface area is 220 Å². The number of hydrogen-bond donors (Lipinski definition) is 2. The monoisotopic (exact) mass is 548 g/mol. The van der Waals surface area contributed by atoms with Gasteiger partial charge in [-0.15, -0.1) is 22.7 Å². The minimum atomic E-state index is -0.791. The van der Waals surface area contributed by atoms with Crippen LogP contribution in [0.15, 0.2) is 54.4 Å². The molecule has 0 amide bonds. The number of esters is 2. The van der Waals surface area contributed by atoms with Gasteiger partial charge in [0.2, 0.25) is 0 Å². The number of ether oxygens (including phenoxy) is 2. The zero-order chi connectivity index (χ0) is 25.0. The Morgan fingerprint density at radius 3 is 1.63 bits per heavy atom. The number of nitrogens with zero attached hydrogens (tertiary/aromatic N) is 2. The summed E-state index contributed by atoms with van der Waals surface area (Å²) in [7, 11) is 0. The maximum absolute atomic E-state index is 12.9. The van der Waals surface area contributed by atoms with E-state index in [9.17, 15) is 9.59 Å². The van der Waals surface area contributed by atoms with Crippen molar-refractivity contribution in [2.45, 2.75) is 27.7 Å². The van der Waals surface area contributed by atoms with E-state index < -0.39 is 17.4 Å². The van der Waals surface area contributed by atoms with Crippen LogP contribution in [0.25, 0.3) is 12.2 Å². The fourth-order valence-corrected chi connectivity index (χ4v) is 6.86. The Kier molecular flexibility index (Phi) is 8.05. The highest BCUT2D eigenvalue weighted by Gasteiger charge is 2.43. The molecule has 184 valence electrons. The molecule has 0 aromatic carbocycles. The lowest BCUT2D eigenvalue weighted by atomic mass is 9.84. The zero-order valence-corrected chi connectivity index (χ0v) is 22.8. The molecule has 0 unspecified atom stereocenters. The van der Waals surface area contributed by atoms with Crippen LogP contribution in [0.4, 0.5) is 0 Å². The summed E-state index contributed by atoms with van der Waals surface area (Å²) >= 11 is 5.60. The molecule has 35 heavy (non-hydrogen) atoms. The first-order valence-electron chi connectivity index (χ1n) is 10.8. The van der Waals surface area contributed by atoms with E-state index in [-0.39, 0.29) is 13.2 Å². The van der Waals surface area contributed by atoms with Crippen molar-refractivity contribution in [3.8, 4) is 0 Å². The van der Waals surface area contributed by atoms with Crippen molar-refractivity contribution in [2.75, 3.05) is 13.2 Å². The van der Waals surface area contributed by atoms with Gasteiger partial charge >= 0.3 is 11.9 Å². The largest absolute Gasteiger partial charge is 0.462 e. The van der Waals surface area contributed by atoms with E-state index in [0.717, 1.165) is 20.1 Å². The van der Waals surface area contributed by atoms with E-state index in [4.69, 9.17) is 9.47 Å². The van der Waals surface area contributed by atoms with E-state index >= 15 is 0 Å². The summed E-state index contributed by atoms with van der Waals surface area (Å²) in [5.74, 6) is -0.837. The molecule has 0 atom stereocenters. The summed E-state index contributed by atoms with van der Waals surface area (Å²) in [5, 5.41) is 13.7. The second-order valence-electron chi connectivity index (χ2n) is 7.69. The number of hydrogen-bond acceptors (Lipinski definition) is 12. The molecular weight excluding hydrogens is 525 g/mol. The third kappa shape index (κ3) is 5.66. The molecule has 0 radical (unpaired) electrons. The number of thiazole rings is 2. The lowest BCUT2D eigenvalue weighted by molar-refractivity contribution is -0.138. The number of nitrogens with one attached hydrogen (secondary N) is 2. The molecule has 2 N–H and O–H groups in total. The quantitative estimate of drug-likeness (QED) is 0.431. The average Bonchev–Trinajstić information content (AvgIpc) is 3.62. The van der Waals surface area contributed by atoms with Gasteiger partial charge in [-0.2, -0.15) is 0 Å². The maximum Gasteiger partial charge on any atom is 0.346 e. The summed E-state index contributed by atoms with van der Waals surface area (Å²) in [6.45, 7) is 7.97. The molecule has 0 saturated heterocycles. The van der Waals surface area contributed by atoms with Gasteiger partial charge in [0.1, 0.15) is 19.8 Å². The minimum Gasteiger partial charge on any atom is -0.462 e. The van der Waals surface area contributed by atoms with Crippen LogP contribution in [0, 0.1) is 5.41 Å². The maximum atomic E-state index is 12.9. The Morgan fingerprint density at radius 1 is 0.857 bits per heavy atom. The Morgan fingerprint density at radius 2 is 1.29 bits per heavy atom. The van der Waals surface area contributed by atoms with Crippen molar-refractivity contribution in [2.24, 2.45) is 5.41 Å². The van der Waals surface area contributed by atoms with Crippen molar-refractivity contribution < 1.29 is 19.1 Å². The third-order valence-corrected chi connectivity index (χ3v) is 8.43. The second-order valence-corrected chi connectivity index (χ2v) is 11.6. The van der Waals surface area contributed by atoms with Crippen LogP contribution in [-0.2, 0) is 19.1 Å². The molecule has 0 fully saturated rings. The molecule has 2 aliphatic heterocycles. The number of aromatic nitrogens is 2. The van der Waals surface area contributed by atoms with Crippen molar-refractivity contribution in [1.82, 2.24) is 20.6 Å². The van der Waals surface area contributed by atoms with Crippen LogP contribution in [0.1, 0.15) is 37.7 Å². The van der Waals surface area contributed by atoms with Gasteiger partial charge in [0.25, 0.3) is 0 Å². The molecule has 2 aliphatic rings. The van der Waals surface area contributed by atoms with Gasteiger partial charge < -0.3 is 20.1 Å². The number of thioether (sulfide) groups is 2. The predicted octanol–water partition coefficient (Wildman–Crippen LogP) is 5.15. The molecule has 4 heterocycles. The van der Waals surface area contributed by atoms with E-state index in [1.807, 2.05) is 36.8 Å². The lowest BCUT2D eigenvalue weighted by Crippen LogP contribution is -2.32. The van der Waals surface area contributed by atoms with Gasteiger partial charge in [-0.3, -0.25) is 0 Å². The zero-order valence-electron chi connectivity index (χ0n) is 19.5. The first-order valence-corrected chi connectivity index (χ1v) is 14.2. The molecule has 0 spiro atoms. The summed E-state index contributed by atoms with van der Waals surface area (Å²) in [6.07, 6.45) is 7.24. The molecule has 0 bridgehead atoms. The fraction of sp³-hybridized carbons (Fsp3) is 0.304. The Balaban J connectivity index is 1.74. The van der Waals surface area contributed by atoms with Crippen molar-refractivity contribution in [1.29, 1.82) is 0 Å². The molecule has 0 saturated carbocycles. The normalized spacial score (nSPS) is 18.3. The SMILES string of the molecule is CCOC(=O)C1=C(C(C)(C)C2=C(C(=O)OCC)SC(=Cc3nccs3)N2)NC(=Cc2nccs2)S1. The fourth-order valence-electron chi connectivity index (χ4n) is 3.39. The van der Waals surface area contributed by atoms with Gasteiger partial charge in [0, 0.05) is 52.1 Å². The molecule has 4 rings (SSSR count). The van der Waals surface area contributed by atoms with Gasteiger partial charge in [-0.1, -0.05) is 23.5 Å². The first kappa shape index (κ1) is 25.5. The Hall–Kier alpha value is -2.54. The van der Waals surface area contributed by atoms with Crippen molar-refractivity contribution in [3.05, 3.63) is 64.4 Å². The summed E-state index contributed by atoms with van der Waals surface area (Å²) in [4.78, 5) is 35.4. The lowest BCUT2D eigenvalue weighted by Gasteiger charge is -2.29. The van der Waals surface area contributed by atoms with E-state index in [1.165, 1.54) is 46.2 Å². The summed E-state index contributed by atoms with van der Waals surface area (Å²) in [6, 6.07) is 0. The molecule has 8 nitrogen and oxygen atoms in total. The molecule has 2 aromatic heterocycles. The van der Waals surface area contributed by atoms with Gasteiger partial charge in [-0.05, 0) is 27.7 Å². The van der Waals surface area contributed by atoms with Gasteiger partial charge in [0.05, 0.1) is 23.3 Å². The third-order valence-electron chi connectivity index (χ3n) is 4.96. The standard InChI is InChI=1S/C23H24N4O4S4/c1-5-30-21(28)17-19(26-15(34-17)11-13-24-7-9-32-13)23(3,4)20-18(22(29)31-6-2)35-16(27-20)12-14-25-8-10-33-14/h7-12,26-27H,5-6H2,1-4H3. The van der Waals surface area contributed by atoms with Gasteiger partial charge in [-0.25, -0.2) is 19.6 Å². The summed E-state index contributed by atoms with van der Waals surface area (Å²) < 4.78 is 10.7. The highest BCUT2D eigenvalue weighted by atomic mass is 32.2. The highest BCUT2D eigenvalue weighted by molar-refractivity contribution is 8.08. The minimum absolute atomic E-state index is 0.258. The van der Waals surface area contributed by atoms with Gasteiger partial charge in [0.15, 0.2) is 0 Å². The van der Waals surface area contributed by atoms with Crippen LogP contribution in [0.3, 0.4) is 0 Å². The van der Waals surface area contributed by atoms with E-state index in [1.54, 1.807) is 26.2 Å². The summed E-state index contributed by atoms with van der Waals surface area (Å²) in [5.41, 5.74) is 0.495. The highest BCUT2D eigenvalue weighted by Crippen LogP contribution is 2.50. The average molecular weight is 549 g/mol. The van der Waals surface area contributed by atoms with Crippen LogP contribution in [-0.4, -0.2) is 35.1 Å². The molecule has 2 aromatic rings. The van der Waals surface area contributed by atoms with E-state index in [0.29, 0.717) is 21.2 Å². The van der Waals surface area contributed by atoms with Crippen molar-refractivity contribution >= 4 is 70.3 Å². The van der Waals surface area contributed by atoms with Crippen LogP contribution in [0.5, 0.6) is 0 Å². The van der Waals surface area contributed by atoms with Crippen molar-refractivity contribution in [3.63, 3.8) is 0 Å². The topological polar surface area (TPSA) is 102 Å². The molecule has 12 heteroatoms. The van der Waals surface area contributed by atoms with Crippen LogP contribution in [0.2, 0.25) is 0 Å². The molecule has 0 aliphatic carbocycles. The predicted molar refractivity (Wildman–Crippen MR) is 143 cm³/mol. The second kappa shape index (κ2) is 11.0. The smallest absolute Gasteiger partial charge is 0.346 e. The van der Waals surface area contributed by atoms with Crippen LogP contribution < -0.4 is 10.6 Å². The number of rotatable bonds is 8. The first-order chi connectivity index (χ1) is 16.8. The number of carbonyl (C=O) groups excluding carboxylic acids is 2. The number of carbonyl (C=O) groups is 2. The van der Waals surface area contributed by atoms with Crippen LogP contribution >= 0.6 is 46.2 Å².